The van der Waals surface area contributed by atoms with Crippen LogP contribution in [0.5, 0.6) is 0 Å². The highest BCUT2D eigenvalue weighted by Gasteiger charge is 2.81. The van der Waals surface area contributed by atoms with E-state index in [1.165, 1.54) is 0 Å². The van der Waals surface area contributed by atoms with Gasteiger partial charge >= 0.3 is 0 Å². The van der Waals surface area contributed by atoms with Crippen molar-refractivity contribution in [2.45, 2.75) is 33.6 Å². The SMILES string of the molecule is ClC(Cl)(Cl)C(Cl)(Cl)C(Cl)(Cl)C(Cl)(Cl)C(Cl)(Cl)C(Cl)(Cl)C(Cl)(Cl)C(Cl)(Cl)Cl. The molecule has 26 heavy (non-hydrogen) atoms. The summed E-state index contributed by atoms with van der Waals surface area (Å²) in [5.74, 6) is 0. The predicted molar refractivity (Wildman–Crippen MR) is 127 cm³/mol. The summed E-state index contributed by atoms with van der Waals surface area (Å²) in [5, 5.41) is 0. The van der Waals surface area contributed by atoms with Crippen LogP contribution >= 0.6 is 209 Å². The number of rotatable bonds is 5. The standard InChI is InChI=1S/C8Cl18/c9-1(10,3(13,14)5(17,18)7(21,22)23)2(11,12)4(15,16)6(19,20)8(24,25)26. The summed E-state index contributed by atoms with van der Waals surface area (Å²) in [6, 6.07) is 0. The van der Waals surface area contributed by atoms with Crippen molar-refractivity contribution in [2.24, 2.45) is 0 Å². The Bertz CT molecular complexity index is 468. The van der Waals surface area contributed by atoms with Crippen molar-refractivity contribution in [3.8, 4) is 0 Å². The highest BCUT2D eigenvalue weighted by molar-refractivity contribution is 6.84. The summed E-state index contributed by atoms with van der Waals surface area (Å²) in [7, 11) is 0. The summed E-state index contributed by atoms with van der Waals surface area (Å²) >= 11 is 106. The van der Waals surface area contributed by atoms with Crippen LogP contribution < -0.4 is 0 Å². The summed E-state index contributed by atoms with van der Waals surface area (Å²) < 4.78 is -22.5. The van der Waals surface area contributed by atoms with Gasteiger partial charge in [-0.1, -0.05) is 209 Å². The molecule has 0 aliphatic carbocycles. The fraction of sp³-hybridized carbons (Fsp3) is 1.00. The van der Waals surface area contributed by atoms with Gasteiger partial charge in [-0.05, 0) is 0 Å². The molecule has 0 fully saturated rings. The first-order valence-electron chi connectivity index (χ1n) is 5.15. The minimum atomic E-state index is -2.98. The summed E-state index contributed by atoms with van der Waals surface area (Å²) in [5.41, 5.74) is 0. The Hall–Kier alpha value is 5.22. The number of hydrogen-bond donors (Lipinski definition) is 0. The maximum absolute atomic E-state index is 6.13. The van der Waals surface area contributed by atoms with Gasteiger partial charge in [-0.2, -0.15) is 0 Å². The van der Waals surface area contributed by atoms with Crippen LogP contribution in [0.2, 0.25) is 0 Å². The van der Waals surface area contributed by atoms with Gasteiger partial charge in [0.05, 0.1) is 0 Å². The number of halogens is 18. The molecule has 158 valence electrons. The van der Waals surface area contributed by atoms with Gasteiger partial charge in [-0.25, -0.2) is 0 Å². The van der Waals surface area contributed by atoms with Crippen molar-refractivity contribution < 1.29 is 0 Å². The lowest BCUT2D eigenvalue weighted by molar-refractivity contribution is 0.471. The largest absolute Gasteiger partial charge is 0.226 e. The normalized spacial score (nSPS) is 16.8. The van der Waals surface area contributed by atoms with Crippen LogP contribution in [0.4, 0.5) is 0 Å². The van der Waals surface area contributed by atoms with Crippen LogP contribution in [0.15, 0.2) is 0 Å². The van der Waals surface area contributed by atoms with Gasteiger partial charge in [0.15, 0.2) is 17.3 Å². The lowest BCUT2D eigenvalue weighted by Crippen LogP contribution is -2.69. The minimum absolute atomic E-state index is 2.59. The van der Waals surface area contributed by atoms with Crippen molar-refractivity contribution >= 4 is 209 Å². The van der Waals surface area contributed by atoms with Gasteiger partial charge in [0.2, 0.25) is 16.3 Å². The molecule has 0 aliphatic rings. The van der Waals surface area contributed by atoms with Gasteiger partial charge in [0.25, 0.3) is 0 Å². The van der Waals surface area contributed by atoms with Crippen molar-refractivity contribution in [3.05, 3.63) is 0 Å². The molecule has 0 aromatic carbocycles. The Kier molecular flexibility index (Phi) is 10.9. The Morgan fingerprint density at radius 3 is 0.423 bits per heavy atom. The second-order valence-electron chi connectivity index (χ2n) is 4.44. The molecule has 0 nitrogen and oxygen atoms in total. The average Bonchev–Trinajstić information content (AvgIpc) is 2.34. The van der Waals surface area contributed by atoms with E-state index < -0.39 is 33.6 Å². The lowest BCUT2D eigenvalue weighted by atomic mass is 10.1. The third-order valence-corrected chi connectivity index (χ3v) is 14.3. The fourth-order valence-electron chi connectivity index (χ4n) is 1.14. The molecular formula is C8Cl18. The van der Waals surface area contributed by atoms with Gasteiger partial charge in [-0.15, -0.1) is 0 Å². The monoisotopic (exact) mass is 725 g/mol. The molecule has 0 aromatic heterocycles. The number of alkyl halides is 18. The van der Waals surface area contributed by atoms with E-state index in [1.807, 2.05) is 0 Å². The third kappa shape index (κ3) is 5.00. The highest BCUT2D eigenvalue weighted by Crippen LogP contribution is 2.72. The highest BCUT2D eigenvalue weighted by atomic mass is 35.6. The van der Waals surface area contributed by atoms with Gasteiger partial charge in [0, 0.05) is 0 Å². The molecule has 0 amide bonds. The lowest BCUT2D eigenvalue weighted by Gasteiger charge is -2.53. The molecule has 0 aromatic rings. The first-order valence-corrected chi connectivity index (χ1v) is 12.0. The molecule has 0 spiro atoms. The molecule has 0 rings (SSSR count). The van der Waals surface area contributed by atoms with E-state index in [2.05, 4.69) is 0 Å². The Morgan fingerprint density at radius 1 is 0.192 bits per heavy atom. The second-order valence-corrected chi connectivity index (χ2v) is 17.0. The molecule has 0 N–H and O–H groups in total. The maximum Gasteiger partial charge on any atom is 0.226 e. The Morgan fingerprint density at radius 2 is 0.308 bits per heavy atom. The molecule has 0 heterocycles. The summed E-state index contributed by atoms with van der Waals surface area (Å²) in [6.45, 7) is 0. The van der Waals surface area contributed by atoms with Gasteiger partial charge in [0.1, 0.15) is 0 Å². The zero-order chi connectivity index (χ0) is 22.0. The van der Waals surface area contributed by atoms with E-state index in [1.54, 1.807) is 0 Å². The topological polar surface area (TPSA) is 0 Å². The van der Waals surface area contributed by atoms with Crippen molar-refractivity contribution in [1.82, 2.24) is 0 Å². The van der Waals surface area contributed by atoms with Crippen LogP contribution in [-0.4, -0.2) is 33.6 Å². The Labute approximate surface area is 239 Å². The van der Waals surface area contributed by atoms with Crippen LogP contribution in [-0.2, 0) is 0 Å². The van der Waals surface area contributed by atoms with Crippen LogP contribution in [0.25, 0.3) is 0 Å². The second kappa shape index (κ2) is 9.11. The molecule has 0 radical (unpaired) electrons. The van der Waals surface area contributed by atoms with E-state index in [4.69, 9.17) is 209 Å². The average molecular weight is 734 g/mol. The van der Waals surface area contributed by atoms with Gasteiger partial charge < -0.3 is 0 Å². The zero-order valence-electron chi connectivity index (χ0n) is 10.8. The molecule has 0 saturated carbocycles. The van der Waals surface area contributed by atoms with Crippen LogP contribution in [0.1, 0.15) is 0 Å². The van der Waals surface area contributed by atoms with Crippen LogP contribution in [0, 0.1) is 0 Å². The predicted octanol–water partition coefficient (Wildman–Crippen LogP) is 10.8. The fourth-order valence-corrected chi connectivity index (χ4v) is 6.18. The first kappa shape index (κ1) is 31.2. The number of hydrogen-bond acceptors (Lipinski definition) is 0. The summed E-state index contributed by atoms with van der Waals surface area (Å²) in [6.07, 6.45) is 0. The summed E-state index contributed by atoms with van der Waals surface area (Å²) in [4.78, 5) is 0. The van der Waals surface area contributed by atoms with E-state index in [0.29, 0.717) is 0 Å². The molecular weight excluding hydrogens is 734 g/mol. The van der Waals surface area contributed by atoms with Gasteiger partial charge in [-0.3, -0.25) is 0 Å². The van der Waals surface area contributed by atoms with Crippen LogP contribution in [0.3, 0.4) is 0 Å². The Balaban J connectivity index is 6.61. The molecule has 0 bridgehead atoms. The van der Waals surface area contributed by atoms with E-state index in [9.17, 15) is 0 Å². The van der Waals surface area contributed by atoms with Crippen molar-refractivity contribution in [1.29, 1.82) is 0 Å². The van der Waals surface area contributed by atoms with Crippen molar-refractivity contribution in [2.75, 3.05) is 0 Å². The van der Waals surface area contributed by atoms with E-state index in [0.717, 1.165) is 0 Å². The molecule has 0 unspecified atom stereocenters. The molecule has 0 aliphatic heterocycles. The van der Waals surface area contributed by atoms with E-state index in [-0.39, 0.29) is 0 Å². The third-order valence-electron chi connectivity index (χ3n) is 2.68. The first-order chi connectivity index (χ1) is 10.8. The quantitative estimate of drug-likeness (QED) is 0.247. The van der Waals surface area contributed by atoms with E-state index >= 15 is 0 Å². The smallest absolute Gasteiger partial charge is 0.0946 e. The molecule has 0 saturated heterocycles. The minimum Gasteiger partial charge on any atom is -0.0946 e. The molecule has 0 atom stereocenters. The zero-order valence-corrected chi connectivity index (χ0v) is 24.4. The molecule has 18 heteroatoms. The van der Waals surface area contributed by atoms with Crippen molar-refractivity contribution in [3.63, 3.8) is 0 Å². The maximum atomic E-state index is 6.13.